The fourth-order valence-corrected chi connectivity index (χ4v) is 2.70. The third-order valence-corrected chi connectivity index (χ3v) is 4.05. The molecule has 0 fully saturated rings. The van der Waals surface area contributed by atoms with Crippen LogP contribution in [0, 0.1) is 0 Å². The molecule has 0 aliphatic heterocycles. The molecule has 0 atom stereocenters. The maximum absolute atomic E-state index is 12.2. The van der Waals surface area contributed by atoms with Gasteiger partial charge in [-0.25, -0.2) is 0 Å². The van der Waals surface area contributed by atoms with Gasteiger partial charge in [0.1, 0.15) is 6.33 Å². The van der Waals surface area contributed by atoms with Gasteiger partial charge in [0.15, 0.2) is 5.65 Å². The second-order valence-electron chi connectivity index (χ2n) is 6.03. The highest BCUT2D eigenvalue weighted by atomic mass is 16.2. The van der Waals surface area contributed by atoms with Crippen LogP contribution in [0.5, 0.6) is 0 Å². The summed E-state index contributed by atoms with van der Waals surface area (Å²) in [6.07, 6.45) is 1.53. The molecule has 0 saturated heterocycles. The van der Waals surface area contributed by atoms with E-state index in [9.17, 15) is 9.59 Å². The molecule has 2 heterocycles. The third-order valence-electron chi connectivity index (χ3n) is 4.05. The molecule has 4 aromatic rings. The van der Waals surface area contributed by atoms with E-state index >= 15 is 0 Å². The number of nitrogens with one attached hydrogen (secondary N) is 2. The van der Waals surface area contributed by atoms with Gasteiger partial charge in [-0.1, -0.05) is 30.3 Å². The van der Waals surface area contributed by atoms with Crippen molar-refractivity contribution in [3.8, 4) is 11.3 Å². The molecule has 4 rings (SSSR count). The number of hydrogen-bond donors (Lipinski definition) is 2. The van der Waals surface area contributed by atoms with Gasteiger partial charge in [0.2, 0.25) is 5.91 Å². The number of rotatable bonds is 5. The van der Waals surface area contributed by atoms with Crippen LogP contribution in [0.4, 0.5) is 5.69 Å². The number of benzene rings is 2. The smallest absolute Gasteiger partial charge is 0.251 e. The lowest BCUT2D eigenvalue weighted by Crippen LogP contribution is -2.32. The molecule has 2 amide bonds. The fraction of sp³-hybridized carbons (Fsp3) is 0.0500. The molecule has 0 unspecified atom stereocenters. The van der Waals surface area contributed by atoms with E-state index in [1.165, 1.54) is 6.33 Å². The monoisotopic (exact) mass is 372 g/mol. The van der Waals surface area contributed by atoms with Crippen molar-refractivity contribution in [2.45, 2.75) is 0 Å². The number of amides is 2. The van der Waals surface area contributed by atoms with E-state index in [1.807, 2.05) is 36.4 Å². The first-order valence-corrected chi connectivity index (χ1v) is 8.60. The van der Waals surface area contributed by atoms with Crippen molar-refractivity contribution in [1.29, 1.82) is 0 Å². The van der Waals surface area contributed by atoms with Crippen LogP contribution in [-0.4, -0.2) is 38.2 Å². The van der Waals surface area contributed by atoms with Gasteiger partial charge in [-0.2, -0.15) is 9.61 Å². The summed E-state index contributed by atoms with van der Waals surface area (Å²) in [5.41, 5.74) is 3.33. The predicted octanol–water partition coefficient (Wildman–Crippen LogP) is 2.16. The fourth-order valence-electron chi connectivity index (χ4n) is 2.70. The standard InChI is InChI=1S/C20H16N6O2/c27-19(12-21-20(28)14-5-2-1-3-6-14)23-16-8-4-7-15(11-16)17-9-10-18-24-22-13-26(18)25-17/h1-11,13H,12H2,(H,21,28)(H,23,27). The van der Waals surface area contributed by atoms with Gasteiger partial charge in [0.05, 0.1) is 12.2 Å². The van der Waals surface area contributed by atoms with Gasteiger partial charge < -0.3 is 10.6 Å². The van der Waals surface area contributed by atoms with Crippen LogP contribution in [0.1, 0.15) is 10.4 Å². The average Bonchev–Trinajstić information content (AvgIpc) is 3.21. The van der Waals surface area contributed by atoms with Gasteiger partial charge in [0, 0.05) is 16.8 Å². The normalized spacial score (nSPS) is 10.6. The molecule has 8 nitrogen and oxygen atoms in total. The molecule has 0 bridgehead atoms. The zero-order valence-electron chi connectivity index (χ0n) is 14.7. The molecule has 2 N–H and O–H groups in total. The van der Waals surface area contributed by atoms with Crippen molar-refractivity contribution in [3.05, 3.63) is 78.6 Å². The van der Waals surface area contributed by atoms with Crippen LogP contribution in [0.25, 0.3) is 16.9 Å². The van der Waals surface area contributed by atoms with Gasteiger partial charge in [-0.15, -0.1) is 10.2 Å². The van der Waals surface area contributed by atoms with Crippen molar-refractivity contribution in [3.63, 3.8) is 0 Å². The van der Waals surface area contributed by atoms with Crippen LogP contribution in [-0.2, 0) is 4.79 Å². The van der Waals surface area contributed by atoms with Crippen LogP contribution in [0.2, 0.25) is 0 Å². The highest BCUT2D eigenvalue weighted by Crippen LogP contribution is 2.20. The van der Waals surface area contributed by atoms with Crippen LogP contribution < -0.4 is 10.6 Å². The molecule has 0 aliphatic carbocycles. The van der Waals surface area contributed by atoms with Crippen molar-refractivity contribution >= 4 is 23.1 Å². The number of hydrogen-bond acceptors (Lipinski definition) is 5. The topological polar surface area (TPSA) is 101 Å². The molecular weight excluding hydrogens is 356 g/mol. The number of carbonyl (C=O) groups excluding carboxylic acids is 2. The first-order chi connectivity index (χ1) is 13.7. The zero-order valence-corrected chi connectivity index (χ0v) is 14.7. The number of aromatic nitrogens is 4. The molecule has 0 radical (unpaired) electrons. The summed E-state index contributed by atoms with van der Waals surface area (Å²) >= 11 is 0. The number of fused-ring (bicyclic) bond motifs is 1. The number of carbonyl (C=O) groups is 2. The Morgan fingerprint density at radius 3 is 2.68 bits per heavy atom. The SMILES string of the molecule is O=C(CNC(=O)c1ccccc1)Nc1cccc(-c2ccc3nncn3n2)c1. The molecule has 8 heteroatoms. The molecule has 0 saturated carbocycles. The molecular formula is C20H16N6O2. The summed E-state index contributed by atoms with van der Waals surface area (Å²) in [6.45, 7) is -0.122. The maximum Gasteiger partial charge on any atom is 0.251 e. The van der Waals surface area contributed by atoms with Crippen LogP contribution in [0.3, 0.4) is 0 Å². The number of nitrogens with zero attached hydrogens (tertiary/aromatic N) is 4. The van der Waals surface area contributed by atoms with E-state index in [0.29, 0.717) is 16.9 Å². The minimum Gasteiger partial charge on any atom is -0.343 e. The van der Waals surface area contributed by atoms with E-state index in [1.54, 1.807) is 34.8 Å². The largest absolute Gasteiger partial charge is 0.343 e. The highest BCUT2D eigenvalue weighted by molar-refractivity contribution is 5.99. The second kappa shape index (κ2) is 7.67. The Labute approximate surface area is 160 Å². The van der Waals surface area contributed by atoms with Gasteiger partial charge in [0.25, 0.3) is 5.91 Å². The summed E-state index contributed by atoms with van der Waals surface area (Å²) in [4.78, 5) is 24.2. The van der Waals surface area contributed by atoms with Crippen LogP contribution >= 0.6 is 0 Å². The van der Waals surface area contributed by atoms with Crippen molar-refractivity contribution in [1.82, 2.24) is 25.1 Å². The van der Waals surface area contributed by atoms with E-state index in [-0.39, 0.29) is 18.4 Å². The summed E-state index contributed by atoms with van der Waals surface area (Å²) in [5.74, 6) is -0.611. The average molecular weight is 372 g/mol. The van der Waals surface area contributed by atoms with E-state index in [4.69, 9.17) is 0 Å². The Bertz CT molecular complexity index is 1140. The van der Waals surface area contributed by atoms with E-state index in [0.717, 1.165) is 11.3 Å². The third kappa shape index (κ3) is 3.85. The van der Waals surface area contributed by atoms with Gasteiger partial charge in [-0.3, -0.25) is 9.59 Å². The summed E-state index contributed by atoms with van der Waals surface area (Å²) < 4.78 is 1.58. The highest BCUT2D eigenvalue weighted by Gasteiger charge is 2.09. The Morgan fingerprint density at radius 1 is 0.964 bits per heavy atom. The molecule has 2 aromatic heterocycles. The van der Waals surface area contributed by atoms with Gasteiger partial charge >= 0.3 is 0 Å². The maximum atomic E-state index is 12.2. The minimum atomic E-state index is -0.316. The molecule has 0 aliphatic rings. The second-order valence-corrected chi connectivity index (χ2v) is 6.03. The Balaban J connectivity index is 1.41. The quantitative estimate of drug-likeness (QED) is 0.559. The summed E-state index contributed by atoms with van der Waals surface area (Å²) in [5, 5.41) is 17.6. The Hall–Kier alpha value is -4.07. The van der Waals surface area contributed by atoms with E-state index < -0.39 is 0 Å². The first kappa shape index (κ1) is 17.3. The van der Waals surface area contributed by atoms with E-state index in [2.05, 4.69) is 25.9 Å². The summed E-state index contributed by atoms with van der Waals surface area (Å²) in [6, 6.07) is 19.7. The van der Waals surface area contributed by atoms with Crippen molar-refractivity contribution in [2.24, 2.45) is 0 Å². The minimum absolute atomic E-state index is 0.122. The number of anilines is 1. The molecule has 138 valence electrons. The molecule has 28 heavy (non-hydrogen) atoms. The lowest BCUT2D eigenvalue weighted by atomic mass is 10.1. The van der Waals surface area contributed by atoms with Crippen LogP contribution in [0.15, 0.2) is 73.1 Å². The van der Waals surface area contributed by atoms with Gasteiger partial charge in [-0.05, 0) is 36.4 Å². The zero-order chi connectivity index (χ0) is 19.3. The lowest BCUT2D eigenvalue weighted by molar-refractivity contribution is -0.115. The Morgan fingerprint density at radius 2 is 1.82 bits per heavy atom. The Kier molecular flexibility index (Phi) is 4.75. The molecule has 2 aromatic carbocycles. The predicted molar refractivity (Wildman–Crippen MR) is 104 cm³/mol. The first-order valence-electron chi connectivity index (χ1n) is 8.60. The molecule has 0 spiro atoms. The van der Waals surface area contributed by atoms with Crippen molar-refractivity contribution < 1.29 is 9.59 Å². The van der Waals surface area contributed by atoms with Crippen molar-refractivity contribution in [2.75, 3.05) is 11.9 Å². The summed E-state index contributed by atoms with van der Waals surface area (Å²) in [7, 11) is 0. The lowest BCUT2D eigenvalue weighted by Gasteiger charge is -2.09.